The number of nitrogens with one attached hydrogen (secondary N) is 1. The van der Waals surface area contributed by atoms with E-state index in [-0.39, 0.29) is 0 Å². The number of piperidine rings is 1. The highest BCUT2D eigenvalue weighted by atomic mass is 16.5. The molecule has 2 fully saturated rings. The van der Waals surface area contributed by atoms with Crippen LogP contribution in [-0.4, -0.2) is 74.9 Å². The zero-order chi connectivity index (χ0) is 14.9. The Kier molecular flexibility index (Phi) is 8.01. The molecule has 2 saturated heterocycles. The minimum atomic E-state index is 0.679. The van der Waals surface area contributed by atoms with E-state index in [1.165, 1.54) is 51.9 Å². The fraction of sp³-hybridized carbons (Fsp3) is 1.00. The van der Waals surface area contributed by atoms with Crippen molar-refractivity contribution < 1.29 is 4.74 Å². The van der Waals surface area contributed by atoms with Crippen LogP contribution in [-0.2, 0) is 4.74 Å². The zero-order valence-electron chi connectivity index (χ0n) is 14.1. The maximum Gasteiger partial charge on any atom is 0.0594 e. The Morgan fingerprint density at radius 1 is 1.05 bits per heavy atom. The molecule has 0 aromatic heterocycles. The first-order chi connectivity index (χ1) is 10.3. The van der Waals surface area contributed by atoms with Gasteiger partial charge >= 0.3 is 0 Å². The maximum atomic E-state index is 5.39. The minimum Gasteiger partial charge on any atom is -0.379 e. The van der Waals surface area contributed by atoms with Gasteiger partial charge in [0.2, 0.25) is 0 Å². The molecule has 21 heavy (non-hydrogen) atoms. The Bertz CT molecular complexity index is 261. The number of morpholine rings is 1. The van der Waals surface area contributed by atoms with Gasteiger partial charge in [0.1, 0.15) is 0 Å². The first-order valence-electron chi connectivity index (χ1n) is 9.05. The van der Waals surface area contributed by atoms with Gasteiger partial charge in [-0.25, -0.2) is 0 Å². The molecule has 4 nitrogen and oxygen atoms in total. The van der Waals surface area contributed by atoms with E-state index in [2.05, 4.69) is 29.0 Å². The fourth-order valence-corrected chi connectivity index (χ4v) is 3.62. The first-order valence-corrected chi connectivity index (χ1v) is 9.05. The van der Waals surface area contributed by atoms with Crippen LogP contribution in [0.2, 0.25) is 0 Å². The van der Waals surface area contributed by atoms with Gasteiger partial charge in [-0.15, -0.1) is 0 Å². The van der Waals surface area contributed by atoms with E-state index in [1.807, 2.05) is 0 Å². The molecule has 2 aliphatic rings. The molecule has 124 valence electrons. The summed E-state index contributed by atoms with van der Waals surface area (Å²) >= 11 is 0. The smallest absolute Gasteiger partial charge is 0.0594 e. The lowest BCUT2D eigenvalue weighted by atomic mass is 9.90. The molecule has 2 aliphatic heterocycles. The van der Waals surface area contributed by atoms with Crippen LogP contribution in [0.3, 0.4) is 0 Å². The molecule has 1 unspecified atom stereocenters. The predicted molar refractivity (Wildman–Crippen MR) is 88.8 cm³/mol. The molecule has 0 saturated carbocycles. The molecule has 2 heterocycles. The molecule has 1 N–H and O–H groups in total. The van der Waals surface area contributed by atoms with Gasteiger partial charge in [0.25, 0.3) is 0 Å². The van der Waals surface area contributed by atoms with E-state index in [0.29, 0.717) is 6.04 Å². The van der Waals surface area contributed by atoms with E-state index in [9.17, 15) is 0 Å². The van der Waals surface area contributed by atoms with Crippen LogP contribution < -0.4 is 5.32 Å². The van der Waals surface area contributed by atoms with Crippen LogP contribution in [0.25, 0.3) is 0 Å². The van der Waals surface area contributed by atoms with Crippen LogP contribution in [0.4, 0.5) is 0 Å². The Hall–Kier alpha value is -0.160. The Labute approximate surface area is 131 Å². The summed E-state index contributed by atoms with van der Waals surface area (Å²) in [6.07, 6.45) is 5.30. The van der Waals surface area contributed by atoms with Crippen molar-refractivity contribution in [2.75, 3.05) is 59.0 Å². The zero-order valence-corrected chi connectivity index (χ0v) is 14.1. The third kappa shape index (κ3) is 6.23. The molecule has 4 heteroatoms. The van der Waals surface area contributed by atoms with Gasteiger partial charge in [0.05, 0.1) is 13.2 Å². The second-order valence-corrected chi connectivity index (χ2v) is 6.73. The Morgan fingerprint density at radius 3 is 2.38 bits per heavy atom. The maximum absolute atomic E-state index is 5.39. The largest absolute Gasteiger partial charge is 0.379 e. The van der Waals surface area contributed by atoms with Crippen LogP contribution in [0.15, 0.2) is 0 Å². The monoisotopic (exact) mass is 297 g/mol. The van der Waals surface area contributed by atoms with Crippen molar-refractivity contribution in [1.82, 2.24) is 15.1 Å². The van der Waals surface area contributed by atoms with E-state index in [0.717, 1.165) is 38.8 Å². The lowest BCUT2D eigenvalue weighted by Gasteiger charge is -2.35. The van der Waals surface area contributed by atoms with Crippen LogP contribution >= 0.6 is 0 Å². The molecular weight excluding hydrogens is 262 g/mol. The summed E-state index contributed by atoms with van der Waals surface area (Å²) in [6.45, 7) is 15.0. The van der Waals surface area contributed by atoms with E-state index < -0.39 is 0 Å². The van der Waals surface area contributed by atoms with Crippen LogP contribution in [0, 0.1) is 5.92 Å². The van der Waals surface area contributed by atoms with Crippen LogP contribution in [0.1, 0.15) is 39.5 Å². The second kappa shape index (κ2) is 9.78. The van der Waals surface area contributed by atoms with Gasteiger partial charge in [-0.3, -0.25) is 4.90 Å². The summed E-state index contributed by atoms with van der Waals surface area (Å²) in [7, 11) is 0. The van der Waals surface area contributed by atoms with Crippen molar-refractivity contribution in [3.63, 3.8) is 0 Å². The lowest BCUT2D eigenvalue weighted by molar-refractivity contribution is 0.0373. The molecule has 2 rings (SSSR count). The number of rotatable bonds is 8. The summed E-state index contributed by atoms with van der Waals surface area (Å²) < 4.78 is 5.39. The summed E-state index contributed by atoms with van der Waals surface area (Å²) in [5, 5.41) is 3.76. The van der Waals surface area contributed by atoms with Gasteiger partial charge in [-0.1, -0.05) is 6.92 Å². The molecule has 0 aromatic carbocycles. The summed E-state index contributed by atoms with van der Waals surface area (Å²) in [5.74, 6) is 0.876. The molecular formula is C17H35N3O. The predicted octanol–water partition coefficient (Wildman–Crippen LogP) is 1.81. The summed E-state index contributed by atoms with van der Waals surface area (Å²) in [5.41, 5.74) is 0. The van der Waals surface area contributed by atoms with E-state index in [4.69, 9.17) is 4.74 Å². The third-order valence-electron chi connectivity index (χ3n) is 5.10. The SMILES string of the molecule is CCCN1CCC(C(C)NCCCN2CCOCC2)CC1. The van der Waals surface area contributed by atoms with E-state index >= 15 is 0 Å². The van der Waals surface area contributed by atoms with Crippen LogP contribution in [0.5, 0.6) is 0 Å². The third-order valence-corrected chi connectivity index (χ3v) is 5.10. The van der Waals surface area contributed by atoms with Crippen molar-refractivity contribution in [2.24, 2.45) is 5.92 Å². The second-order valence-electron chi connectivity index (χ2n) is 6.73. The molecule has 0 amide bonds. The highest BCUT2D eigenvalue weighted by Gasteiger charge is 2.22. The summed E-state index contributed by atoms with van der Waals surface area (Å²) in [6, 6.07) is 0.679. The van der Waals surface area contributed by atoms with Gasteiger partial charge in [-0.05, 0) is 71.2 Å². The van der Waals surface area contributed by atoms with Gasteiger partial charge in [-0.2, -0.15) is 0 Å². The van der Waals surface area contributed by atoms with Crippen molar-refractivity contribution >= 4 is 0 Å². The number of nitrogens with zero attached hydrogens (tertiary/aromatic N) is 2. The molecule has 0 radical (unpaired) electrons. The molecule has 0 bridgehead atoms. The number of ether oxygens (including phenoxy) is 1. The topological polar surface area (TPSA) is 27.7 Å². The van der Waals surface area contributed by atoms with Gasteiger partial charge < -0.3 is 15.0 Å². The average molecular weight is 297 g/mol. The molecule has 0 aromatic rings. The quantitative estimate of drug-likeness (QED) is 0.692. The Morgan fingerprint density at radius 2 is 1.71 bits per heavy atom. The van der Waals surface area contributed by atoms with Gasteiger partial charge in [0, 0.05) is 19.1 Å². The summed E-state index contributed by atoms with van der Waals surface area (Å²) in [4.78, 5) is 5.15. The molecule has 0 aliphatic carbocycles. The van der Waals surface area contributed by atoms with Crippen molar-refractivity contribution in [3.05, 3.63) is 0 Å². The van der Waals surface area contributed by atoms with Crippen molar-refractivity contribution in [3.8, 4) is 0 Å². The Balaban J connectivity index is 1.52. The number of hydrogen-bond acceptors (Lipinski definition) is 4. The van der Waals surface area contributed by atoms with E-state index in [1.54, 1.807) is 0 Å². The number of likely N-dealkylation sites (tertiary alicyclic amines) is 1. The van der Waals surface area contributed by atoms with Gasteiger partial charge in [0.15, 0.2) is 0 Å². The lowest BCUT2D eigenvalue weighted by Crippen LogP contribution is -2.43. The molecule has 0 spiro atoms. The highest BCUT2D eigenvalue weighted by molar-refractivity contribution is 4.79. The fourth-order valence-electron chi connectivity index (χ4n) is 3.62. The normalized spacial score (nSPS) is 24.3. The number of hydrogen-bond donors (Lipinski definition) is 1. The first kappa shape index (κ1) is 17.2. The average Bonchev–Trinajstić information content (AvgIpc) is 2.53. The standard InChI is InChI=1S/C17H35N3O/c1-3-8-19-10-5-17(6-11-19)16(2)18-7-4-9-20-12-14-21-15-13-20/h16-18H,3-15H2,1-2H3. The van der Waals surface area contributed by atoms with Crippen molar-refractivity contribution in [2.45, 2.75) is 45.6 Å². The highest BCUT2D eigenvalue weighted by Crippen LogP contribution is 2.20. The van der Waals surface area contributed by atoms with Crippen molar-refractivity contribution in [1.29, 1.82) is 0 Å². The minimum absolute atomic E-state index is 0.679. The molecule has 1 atom stereocenters.